The first kappa shape index (κ1) is 10.8. The Morgan fingerprint density at radius 3 is 3.06 bits per heavy atom. The van der Waals surface area contributed by atoms with Crippen molar-refractivity contribution in [3.05, 3.63) is 42.6 Å². The number of ether oxygens (including phenoxy) is 1. The fourth-order valence-corrected chi connectivity index (χ4v) is 1.80. The minimum absolute atomic E-state index is 0.542. The molecular weight excluding hydrogens is 200 g/mol. The molecule has 0 amide bonds. The van der Waals surface area contributed by atoms with Gasteiger partial charge in [-0.3, -0.25) is 0 Å². The Hall–Kier alpha value is -1.74. The Morgan fingerprint density at radius 1 is 1.44 bits per heavy atom. The molecule has 4 N–H and O–H groups in total. The first-order valence-corrected chi connectivity index (χ1v) is 5.48. The van der Waals surface area contributed by atoms with Crippen LogP contribution < -0.4 is 10.5 Å². The highest BCUT2D eigenvalue weighted by Crippen LogP contribution is 2.23. The van der Waals surface area contributed by atoms with E-state index in [1.165, 1.54) is 10.9 Å². The summed E-state index contributed by atoms with van der Waals surface area (Å²) in [5.74, 6) is 0.886. The predicted octanol–water partition coefficient (Wildman–Crippen LogP) is 1.52. The van der Waals surface area contributed by atoms with Crippen LogP contribution in [0.2, 0.25) is 0 Å². The Morgan fingerprint density at radius 2 is 2.31 bits per heavy atom. The molecule has 3 nitrogen and oxygen atoms in total. The molecule has 0 aliphatic rings. The molecule has 0 bridgehead atoms. The maximum absolute atomic E-state index is 5.52. The monoisotopic (exact) mass is 217 g/mol. The fourth-order valence-electron chi connectivity index (χ4n) is 1.80. The summed E-state index contributed by atoms with van der Waals surface area (Å²) >= 11 is 0. The second-order valence-corrected chi connectivity index (χ2v) is 3.72. The van der Waals surface area contributed by atoms with E-state index in [4.69, 9.17) is 4.74 Å². The van der Waals surface area contributed by atoms with Crippen LogP contribution in [-0.2, 0) is 6.42 Å². The van der Waals surface area contributed by atoms with Crippen molar-refractivity contribution in [1.29, 1.82) is 0 Å². The maximum atomic E-state index is 5.52. The standard InChI is InChI=1S/C13H16N2O/c1-2-7-16-11-3-4-13-12(8-11)10(5-6-14)9-15-13/h2-4,8-9,15H,1,5-7,14H2/p+1. The fraction of sp³-hybridized carbons (Fsp3) is 0.231. The first-order chi connectivity index (χ1) is 7.85. The smallest absolute Gasteiger partial charge is 0.120 e. The number of nitrogens with one attached hydrogen (secondary N) is 1. The SMILES string of the molecule is C=CCOc1ccc2[nH]cc(CC[NH3+])c2c1. The van der Waals surface area contributed by atoms with Gasteiger partial charge >= 0.3 is 0 Å². The van der Waals surface area contributed by atoms with Crippen molar-refractivity contribution >= 4 is 10.9 Å². The van der Waals surface area contributed by atoms with Crippen molar-refractivity contribution in [3.63, 3.8) is 0 Å². The summed E-state index contributed by atoms with van der Waals surface area (Å²) in [5, 5.41) is 1.23. The van der Waals surface area contributed by atoms with Crippen LogP contribution in [0.25, 0.3) is 10.9 Å². The van der Waals surface area contributed by atoms with Crippen molar-refractivity contribution in [2.24, 2.45) is 0 Å². The molecule has 1 aromatic carbocycles. The summed E-state index contributed by atoms with van der Waals surface area (Å²) in [4.78, 5) is 3.25. The van der Waals surface area contributed by atoms with Crippen molar-refractivity contribution in [2.45, 2.75) is 6.42 Å². The Kier molecular flexibility index (Phi) is 3.27. The minimum Gasteiger partial charge on any atom is -0.490 e. The Balaban J connectivity index is 2.33. The zero-order valence-electron chi connectivity index (χ0n) is 9.33. The first-order valence-electron chi connectivity index (χ1n) is 5.48. The maximum Gasteiger partial charge on any atom is 0.120 e. The molecule has 84 valence electrons. The Bertz CT molecular complexity index is 488. The summed E-state index contributed by atoms with van der Waals surface area (Å²) in [7, 11) is 0. The zero-order chi connectivity index (χ0) is 11.4. The van der Waals surface area contributed by atoms with Crippen molar-refractivity contribution in [2.75, 3.05) is 13.2 Å². The van der Waals surface area contributed by atoms with Crippen molar-refractivity contribution < 1.29 is 10.5 Å². The van der Waals surface area contributed by atoms with Gasteiger partial charge in [-0.1, -0.05) is 12.7 Å². The molecule has 16 heavy (non-hydrogen) atoms. The average Bonchev–Trinajstić information content (AvgIpc) is 2.70. The van der Waals surface area contributed by atoms with E-state index in [2.05, 4.69) is 23.4 Å². The van der Waals surface area contributed by atoms with Crippen LogP contribution >= 0.6 is 0 Å². The highest BCUT2D eigenvalue weighted by molar-refractivity contribution is 5.84. The van der Waals surface area contributed by atoms with Gasteiger partial charge in [0.25, 0.3) is 0 Å². The van der Waals surface area contributed by atoms with Crippen LogP contribution in [0, 0.1) is 0 Å². The van der Waals surface area contributed by atoms with Gasteiger partial charge in [-0.25, -0.2) is 0 Å². The second kappa shape index (κ2) is 4.86. The minimum atomic E-state index is 0.542. The third-order valence-electron chi connectivity index (χ3n) is 2.55. The van der Waals surface area contributed by atoms with Crippen molar-refractivity contribution in [1.82, 2.24) is 4.98 Å². The Labute approximate surface area is 94.9 Å². The summed E-state index contributed by atoms with van der Waals surface area (Å²) in [5.41, 5.74) is 6.33. The molecule has 2 rings (SSSR count). The largest absolute Gasteiger partial charge is 0.490 e. The number of benzene rings is 1. The number of quaternary nitrogens is 1. The lowest BCUT2D eigenvalue weighted by molar-refractivity contribution is -0.366. The van der Waals surface area contributed by atoms with E-state index in [1.807, 2.05) is 18.3 Å². The number of hydrogen-bond acceptors (Lipinski definition) is 1. The lowest BCUT2D eigenvalue weighted by Crippen LogP contribution is -2.51. The molecule has 0 unspecified atom stereocenters. The van der Waals surface area contributed by atoms with Crippen LogP contribution in [0.1, 0.15) is 5.56 Å². The summed E-state index contributed by atoms with van der Waals surface area (Å²) in [6.45, 7) is 5.09. The normalized spacial score (nSPS) is 10.6. The molecule has 1 aromatic heterocycles. The van der Waals surface area contributed by atoms with E-state index < -0.39 is 0 Å². The molecule has 0 fully saturated rings. The van der Waals surface area contributed by atoms with Crippen molar-refractivity contribution in [3.8, 4) is 5.75 Å². The topological polar surface area (TPSA) is 52.7 Å². The summed E-state index contributed by atoms with van der Waals surface area (Å²) < 4.78 is 5.52. The molecule has 0 atom stereocenters. The van der Waals surface area contributed by atoms with Gasteiger partial charge in [-0.15, -0.1) is 0 Å². The number of hydrogen-bond donors (Lipinski definition) is 2. The van der Waals surface area contributed by atoms with E-state index in [-0.39, 0.29) is 0 Å². The molecule has 0 radical (unpaired) electrons. The third kappa shape index (κ3) is 2.09. The van der Waals surface area contributed by atoms with Gasteiger partial charge in [-0.2, -0.15) is 0 Å². The molecule has 0 spiro atoms. The second-order valence-electron chi connectivity index (χ2n) is 3.72. The quantitative estimate of drug-likeness (QED) is 0.733. The molecule has 3 heteroatoms. The van der Waals surface area contributed by atoms with Gasteiger partial charge in [0, 0.05) is 23.5 Å². The lowest BCUT2D eigenvalue weighted by atomic mass is 10.1. The molecule has 0 aliphatic heterocycles. The van der Waals surface area contributed by atoms with E-state index in [0.29, 0.717) is 6.61 Å². The van der Waals surface area contributed by atoms with E-state index >= 15 is 0 Å². The molecule has 0 aliphatic carbocycles. The number of fused-ring (bicyclic) bond motifs is 1. The summed E-state index contributed by atoms with van der Waals surface area (Å²) in [6.07, 6.45) is 4.79. The van der Waals surface area contributed by atoms with Gasteiger partial charge in [-0.05, 0) is 23.8 Å². The van der Waals surface area contributed by atoms with Gasteiger partial charge in [0.15, 0.2) is 0 Å². The summed E-state index contributed by atoms with van der Waals surface area (Å²) in [6, 6.07) is 6.08. The molecule has 0 saturated heterocycles. The van der Waals surface area contributed by atoms with Crippen LogP contribution in [-0.4, -0.2) is 18.1 Å². The average molecular weight is 217 g/mol. The lowest BCUT2D eigenvalue weighted by Gasteiger charge is -2.03. The van der Waals surface area contributed by atoms with Crippen LogP contribution in [0.3, 0.4) is 0 Å². The van der Waals surface area contributed by atoms with Gasteiger partial charge in [0.2, 0.25) is 0 Å². The highest BCUT2D eigenvalue weighted by Gasteiger charge is 2.04. The number of H-pyrrole nitrogens is 1. The van der Waals surface area contributed by atoms with Gasteiger partial charge in [0.05, 0.1) is 6.54 Å². The predicted molar refractivity (Wildman–Crippen MR) is 65.4 cm³/mol. The van der Waals surface area contributed by atoms with Gasteiger partial charge < -0.3 is 15.5 Å². The number of aromatic nitrogens is 1. The van der Waals surface area contributed by atoms with Crippen LogP contribution in [0.4, 0.5) is 0 Å². The van der Waals surface area contributed by atoms with Crippen LogP contribution in [0.5, 0.6) is 5.75 Å². The van der Waals surface area contributed by atoms with Crippen LogP contribution in [0.15, 0.2) is 37.1 Å². The van der Waals surface area contributed by atoms with E-state index in [1.54, 1.807) is 6.08 Å². The molecule has 0 saturated carbocycles. The zero-order valence-corrected chi connectivity index (χ0v) is 9.33. The third-order valence-corrected chi connectivity index (χ3v) is 2.55. The molecular formula is C13H17N2O+. The van der Waals surface area contributed by atoms with E-state index in [0.717, 1.165) is 24.2 Å². The van der Waals surface area contributed by atoms with E-state index in [9.17, 15) is 0 Å². The molecule has 2 aromatic rings. The molecule has 1 heterocycles. The number of rotatable bonds is 5. The number of aromatic amines is 1. The van der Waals surface area contributed by atoms with Gasteiger partial charge in [0.1, 0.15) is 12.4 Å². The highest BCUT2D eigenvalue weighted by atomic mass is 16.5.